The van der Waals surface area contributed by atoms with E-state index in [2.05, 4.69) is 26.0 Å². The number of hydrogen-bond acceptors (Lipinski definition) is 3. The molecule has 3 heteroatoms. The Morgan fingerprint density at radius 3 is 2.20 bits per heavy atom. The molecule has 0 unspecified atom stereocenters. The Balaban J connectivity index is 2.71. The van der Waals surface area contributed by atoms with Crippen molar-refractivity contribution in [2.45, 2.75) is 26.2 Å². The number of nitrogen functional groups attached to an aromatic ring is 2. The molecule has 2 aromatic carbocycles. The van der Waals surface area contributed by atoms with Crippen molar-refractivity contribution in [2.24, 2.45) is 0 Å². The van der Waals surface area contributed by atoms with Gasteiger partial charge in [0.25, 0.3) is 0 Å². The summed E-state index contributed by atoms with van der Waals surface area (Å²) in [6.07, 6.45) is 0. The van der Waals surface area contributed by atoms with Gasteiger partial charge in [0.2, 0.25) is 0 Å². The van der Waals surface area contributed by atoms with E-state index in [0.717, 1.165) is 16.9 Å². The summed E-state index contributed by atoms with van der Waals surface area (Å²) in [5, 5.41) is 0. The standard InChI is InChI=1S/C17H22N2O/c1-11-13(18)10-14(20-4)15(16(11)19)17(2,3)12-8-6-5-7-9-12/h5-10H,18-19H2,1-4H3. The van der Waals surface area contributed by atoms with Gasteiger partial charge in [-0.1, -0.05) is 44.2 Å². The zero-order valence-corrected chi connectivity index (χ0v) is 12.5. The van der Waals surface area contributed by atoms with Crippen LogP contribution in [0.3, 0.4) is 0 Å². The summed E-state index contributed by atoms with van der Waals surface area (Å²) < 4.78 is 5.51. The molecular weight excluding hydrogens is 248 g/mol. The summed E-state index contributed by atoms with van der Waals surface area (Å²) in [6.45, 7) is 6.23. The van der Waals surface area contributed by atoms with E-state index in [0.29, 0.717) is 11.4 Å². The van der Waals surface area contributed by atoms with Crippen molar-refractivity contribution < 1.29 is 4.74 Å². The molecule has 0 radical (unpaired) electrons. The molecule has 0 aliphatic carbocycles. The van der Waals surface area contributed by atoms with Crippen LogP contribution in [0.25, 0.3) is 0 Å². The minimum Gasteiger partial charge on any atom is -0.496 e. The lowest BCUT2D eigenvalue weighted by Crippen LogP contribution is -2.22. The van der Waals surface area contributed by atoms with Gasteiger partial charge in [-0.05, 0) is 18.1 Å². The molecule has 106 valence electrons. The lowest BCUT2D eigenvalue weighted by molar-refractivity contribution is 0.401. The fraction of sp³-hybridized carbons (Fsp3) is 0.294. The maximum absolute atomic E-state index is 6.32. The van der Waals surface area contributed by atoms with Crippen LogP contribution < -0.4 is 16.2 Å². The molecule has 2 aromatic rings. The normalized spacial score (nSPS) is 11.4. The molecule has 0 saturated heterocycles. The summed E-state index contributed by atoms with van der Waals surface area (Å²) in [7, 11) is 1.65. The third-order valence-corrected chi connectivity index (χ3v) is 3.98. The van der Waals surface area contributed by atoms with E-state index >= 15 is 0 Å². The minimum atomic E-state index is -0.255. The number of hydrogen-bond donors (Lipinski definition) is 2. The molecule has 20 heavy (non-hydrogen) atoms. The van der Waals surface area contributed by atoms with Gasteiger partial charge in [-0.3, -0.25) is 0 Å². The van der Waals surface area contributed by atoms with Crippen LogP contribution in [0.1, 0.15) is 30.5 Å². The van der Waals surface area contributed by atoms with Crippen LogP contribution in [0.2, 0.25) is 0 Å². The van der Waals surface area contributed by atoms with Gasteiger partial charge < -0.3 is 16.2 Å². The molecule has 0 aliphatic heterocycles. The first kappa shape index (κ1) is 14.3. The van der Waals surface area contributed by atoms with Crippen molar-refractivity contribution in [1.29, 1.82) is 0 Å². The largest absolute Gasteiger partial charge is 0.496 e. The first-order valence-corrected chi connectivity index (χ1v) is 6.68. The molecule has 2 rings (SSSR count). The number of rotatable bonds is 3. The van der Waals surface area contributed by atoms with Crippen LogP contribution >= 0.6 is 0 Å². The second-order valence-corrected chi connectivity index (χ2v) is 5.57. The number of methoxy groups -OCH3 is 1. The topological polar surface area (TPSA) is 61.3 Å². The highest BCUT2D eigenvalue weighted by atomic mass is 16.5. The van der Waals surface area contributed by atoms with Crippen molar-refractivity contribution in [2.75, 3.05) is 18.6 Å². The second kappa shape index (κ2) is 5.08. The van der Waals surface area contributed by atoms with Gasteiger partial charge in [0.1, 0.15) is 5.75 Å². The maximum atomic E-state index is 6.32. The fourth-order valence-electron chi connectivity index (χ4n) is 2.60. The van der Waals surface area contributed by atoms with E-state index in [4.69, 9.17) is 16.2 Å². The Kier molecular flexibility index (Phi) is 3.62. The van der Waals surface area contributed by atoms with Crippen molar-refractivity contribution in [3.63, 3.8) is 0 Å². The molecular formula is C17H22N2O. The number of benzene rings is 2. The SMILES string of the molecule is COc1cc(N)c(C)c(N)c1C(C)(C)c1ccccc1. The average Bonchev–Trinajstić information content (AvgIpc) is 2.44. The molecule has 0 amide bonds. The summed E-state index contributed by atoms with van der Waals surface area (Å²) in [6, 6.07) is 12.1. The van der Waals surface area contributed by atoms with E-state index in [1.165, 1.54) is 5.56 Å². The summed E-state index contributed by atoms with van der Waals surface area (Å²) in [5.41, 5.74) is 16.5. The van der Waals surface area contributed by atoms with Crippen molar-refractivity contribution in [1.82, 2.24) is 0 Å². The lowest BCUT2D eigenvalue weighted by atomic mass is 9.76. The molecule has 0 heterocycles. The van der Waals surface area contributed by atoms with Crippen molar-refractivity contribution in [3.8, 4) is 5.75 Å². The van der Waals surface area contributed by atoms with Gasteiger partial charge in [-0.2, -0.15) is 0 Å². The van der Waals surface area contributed by atoms with Crippen molar-refractivity contribution in [3.05, 3.63) is 53.1 Å². The highest BCUT2D eigenvalue weighted by Gasteiger charge is 2.30. The molecule has 0 aromatic heterocycles. The number of anilines is 2. The van der Waals surface area contributed by atoms with Gasteiger partial charge in [0.05, 0.1) is 7.11 Å². The zero-order valence-electron chi connectivity index (χ0n) is 12.5. The Morgan fingerprint density at radius 1 is 1.05 bits per heavy atom. The molecule has 0 aliphatic rings. The van der Waals surface area contributed by atoms with E-state index < -0.39 is 0 Å². The quantitative estimate of drug-likeness (QED) is 0.839. The third kappa shape index (κ3) is 2.20. The Hall–Kier alpha value is -2.16. The summed E-state index contributed by atoms with van der Waals surface area (Å²) in [4.78, 5) is 0. The van der Waals surface area contributed by atoms with Crippen molar-refractivity contribution >= 4 is 11.4 Å². The Bertz CT molecular complexity index is 619. The third-order valence-electron chi connectivity index (χ3n) is 3.98. The zero-order chi connectivity index (χ0) is 14.9. The van der Waals surface area contributed by atoms with E-state index in [1.54, 1.807) is 7.11 Å². The summed E-state index contributed by atoms with van der Waals surface area (Å²) in [5.74, 6) is 0.736. The molecule has 0 atom stereocenters. The van der Waals surface area contributed by atoms with Gasteiger partial charge in [-0.25, -0.2) is 0 Å². The fourth-order valence-corrected chi connectivity index (χ4v) is 2.60. The molecule has 0 bridgehead atoms. The first-order valence-electron chi connectivity index (χ1n) is 6.68. The highest BCUT2D eigenvalue weighted by molar-refractivity contribution is 5.72. The van der Waals surface area contributed by atoms with Crippen LogP contribution in [0.4, 0.5) is 11.4 Å². The molecule has 0 spiro atoms. The molecule has 3 nitrogen and oxygen atoms in total. The van der Waals surface area contributed by atoms with E-state index in [9.17, 15) is 0 Å². The monoisotopic (exact) mass is 270 g/mol. The van der Waals surface area contributed by atoms with Gasteiger partial charge >= 0.3 is 0 Å². The second-order valence-electron chi connectivity index (χ2n) is 5.57. The van der Waals surface area contributed by atoms with Crippen LogP contribution in [0.5, 0.6) is 5.75 Å². The van der Waals surface area contributed by atoms with Gasteiger partial charge in [0.15, 0.2) is 0 Å². The lowest BCUT2D eigenvalue weighted by Gasteiger charge is -2.30. The van der Waals surface area contributed by atoms with E-state index in [1.807, 2.05) is 31.2 Å². The van der Waals surface area contributed by atoms with Crippen LogP contribution in [-0.2, 0) is 5.41 Å². The molecule has 4 N–H and O–H groups in total. The Labute approximate surface area is 120 Å². The van der Waals surface area contributed by atoms with E-state index in [-0.39, 0.29) is 5.41 Å². The predicted octanol–water partition coefficient (Wildman–Crippen LogP) is 3.49. The minimum absolute atomic E-state index is 0.255. The smallest absolute Gasteiger partial charge is 0.127 e. The first-order chi connectivity index (χ1) is 9.39. The van der Waals surface area contributed by atoms with Crippen LogP contribution in [-0.4, -0.2) is 7.11 Å². The average molecular weight is 270 g/mol. The van der Waals surface area contributed by atoms with Crippen LogP contribution in [0.15, 0.2) is 36.4 Å². The molecule has 0 saturated carbocycles. The van der Waals surface area contributed by atoms with Gasteiger partial charge in [0, 0.05) is 28.4 Å². The number of ether oxygens (including phenoxy) is 1. The Morgan fingerprint density at radius 2 is 1.65 bits per heavy atom. The predicted molar refractivity (Wildman–Crippen MR) is 85.1 cm³/mol. The van der Waals surface area contributed by atoms with Crippen LogP contribution in [0, 0.1) is 6.92 Å². The molecule has 0 fully saturated rings. The van der Waals surface area contributed by atoms with Gasteiger partial charge in [-0.15, -0.1) is 0 Å². The summed E-state index contributed by atoms with van der Waals surface area (Å²) >= 11 is 0. The maximum Gasteiger partial charge on any atom is 0.127 e. The number of nitrogens with two attached hydrogens (primary N) is 2. The highest BCUT2D eigenvalue weighted by Crippen LogP contribution is 2.43.